The van der Waals surface area contributed by atoms with Crippen LogP contribution in [-0.4, -0.2) is 28.0 Å². The van der Waals surface area contributed by atoms with E-state index in [0.717, 1.165) is 38.5 Å². The molecule has 20 heavy (non-hydrogen) atoms. The summed E-state index contributed by atoms with van der Waals surface area (Å²) < 4.78 is 37.0. The molecule has 0 aromatic carbocycles. The van der Waals surface area contributed by atoms with E-state index >= 15 is 0 Å². The molecule has 2 N–H and O–H groups in total. The number of alkyl halides is 3. The van der Waals surface area contributed by atoms with E-state index in [4.69, 9.17) is 0 Å². The zero-order valence-corrected chi connectivity index (χ0v) is 11.8. The van der Waals surface area contributed by atoms with Gasteiger partial charge in [-0.1, -0.05) is 24.2 Å². The molecule has 0 bridgehead atoms. The predicted octanol–water partition coefficient (Wildman–Crippen LogP) is 3.30. The third kappa shape index (κ3) is 4.31. The van der Waals surface area contributed by atoms with Crippen LogP contribution >= 0.6 is 11.3 Å². The molecule has 4 nitrogen and oxygen atoms in total. The molecule has 1 fully saturated rings. The third-order valence-corrected chi connectivity index (χ3v) is 4.49. The van der Waals surface area contributed by atoms with Gasteiger partial charge in [-0.25, -0.2) is 0 Å². The second-order valence-corrected chi connectivity index (χ2v) is 6.07. The molecule has 1 saturated carbocycles. The predicted molar refractivity (Wildman–Crippen MR) is 70.6 cm³/mol. The first-order valence-electron chi connectivity index (χ1n) is 6.79. The van der Waals surface area contributed by atoms with Gasteiger partial charge in [-0.2, -0.15) is 13.2 Å². The zero-order valence-electron chi connectivity index (χ0n) is 11.0. The lowest BCUT2D eigenvalue weighted by molar-refractivity contribution is -0.138. The first-order valence-corrected chi connectivity index (χ1v) is 7.61. The maximum atomic E-state index is 12.3. The Morgan fingerprint density at radius 3 is 2.65 bits per heavy atom. The minimum atomic E-state index is -4.43. The van der Waals surface area contributed by atoms with E-state index in [1.807, 2.05) is 0 Å². The summed E-state index contributed by atoms with van der Waals surface area (Å²) in [7, 11) is 0. The van der Waals surface area contributed by atoms with Crippen LogP contribution in [0.3, 0.4) is 0 Å². The van der Waals surface area contributed by atoms with Gasteiger partial charge in [0.2, 0.25) is 10.1 Å². The van der Waals surface area contributed by atoms with E-state index in [9.17, 15) is 18.3 Å². The van der Waals surface area contributed by atoms with Crippen molar-refractivity contribution in [1.82, 2.24) is 10.2 Å². The number of aromatic nitrogens is 2. The average Bonchev–Trinajstić information content (AvgIpc) is 2.85. The molecular weight excluding hydrogens is 291 g/mol. The average molecular weight is 309 g/mol. The summed E-state index contributed by atoms with van der Waals surface area (Å²) in [6.45, 7) is 0.551. The Morgan fingerprint density at radius 2 is 2.00 bits per heavy atom. The highest BCUT2D eigenvalue weighted by Crippen LogP contribution is 2.33. The highest BCUT2D eigenvalue weighted by atomic mass is 32.1. The molecule has 0 aliphatic heterocycles. The van der Waals surface area contributed by atoms with Gasteiger partial charge in [0.25, 0.3) is 0 Å². The molecule has 0 amide bonds. The van der Waals surface area contributed by atoms with E-state index in [0.29, 0.717) is 23.8 Å². The number of halogens is 3. The van der Waals surface area contributed by atoms with Crippen molar-refractivity contribution in [2.75, 3.05) is 11.9 Å². The number of hydrogen-bond acceptors (Lipinski definition) is 5. The Bertz CT molecular complexity index is 424. The summed E-state index contributed by atoms with van der Waals surface area (Å²) in [5.74, 6) is 0.325. The van der Waals surface area contributed by atoms with Crippen molar-refractivity contribution in [2.24, 2.45) is 5.92 Å². The van der Waals surface area contributed by atoms with Crippen LogP contribution in [-0.2, 0) is 6.18 Å². The molecule has 0 unspecified atom stereocenters. The van der Waals surface area contributed by atoms with E-state index in [-0.39, 0.29) is 11.2 Å². The smallest absolute Gasteiger partial charge is 0.393 e. The fourth-order valence-electron chi connectivity index (χ4n) is 2.49. The Morgan fingerprint density at radius 1 is 1.25 bits per heavy atom. The van der Waals surface area contributed by atoms with Gasteiger partial charge in [-0.05, 0) is 31.6 Å². The SMILES string of the molecule is O[C@@H]1CCCC[C@@H]1CCCNc1nnc(C(F)(F)F)s1. The van der Waals surface area contributed by atoms with Crippen LogP contribution < -0.4 is 5.32 Å². The Labute approximate surface area is 119 Å². The van der Waals surface area contributed by atoms with Crippen LogP contribution in [0.15, 0.2) is 0 Å². The van der Waals surface area contributed by atoms with Crippen LogP contribution in [0.5, 0.6) is 0 Å². The van der Waals surface area contributed by atoms with Gasteiger partial charge in [0.1, 0.15) is 0 Å². The molecule has 1 aromatic rings. The standard InChI is InChI=1S/C12H18F3N3OS/c13-12(14,15)10-17-18-11(20-10)16-7-3-5-8-4-1-2-6-9(8)19/h8-9,19H,1-7H2,(H,16,18)/t8-,9-/m1/s1. The van der Waals surface area contributed by atoms with Gasteiger partial charge in [-0.3, -0.25) is 0 Å². The Hall–Kier alpha value is -0.890. The highest BCUT2D eigenvalue weighted by Gasteiger charge is 2.35. The Kier molecular flexibility index (Phi) is 5.20. The summed E-state index contributed by atoms with van der Waals surface area (Å²) in [5, 5.41) is 18.5. The number of hydrogen-bond donors (Lipinski definition) is 2. The van der Waals surface area contributed by atoms with Crippen molar-refractivity contribution in [3.63, 3.8) is 0 Å². The normalized spacial score (nSPS) is 23.8. The van der Waals surface area contributed by atoms with Crippen molar-refractivity contribution >= 4 is 16.5 Å². The van der Waals surface area contributed by atoms with Crippen LogP contribution in [0.2, 0.25) is 0 Å². The van der Waals surface area contributed by atoms with Gasteiger partial charge in [0.05, 0.1) is 6.10 Å². The lowest BCUT2D eigenvalue weighted by atomic mass is 9.83. The van der Waals surface area contributed by atoms with Crippen molar-refractivity contribution in [3.8, 4) is 0 Å². The molecule has 1 aromatic heterocycles. The van der Waals surface area contributed by atoms with Crippen molar-refractivity contribution in [2.45, 2.75) is 50.8 Å². The van der Waals surface area contributed by atoms with Crippen LogP contribution in [0, 0.1) is 5.92 Å². The van der Waals surface area contributed by atoms with Gasteiger partial charge in [-0.15, -0.1) is 10.2 Å². The maximum absolute atomic E-state index is 12.3. The van der Waals surface area contributed by atoms with Gasteiger partial charge in [0.15, 0.2) is 0 Å². The van der Waals surface area contributed by atoms with E-state index in [1.165, 1.54) is 0 Å². The topological polar surface area (TPSA) is 58.0 Å². The van der Waals surface area contributed by atoms with E-state index in [2.05, 4.69) is 15.5 Å². The molecule has 2 atom stereocenters. The van der Waals surface area contributed by atoms with Crippen LogP contribution in [0.1, 0.15) is 43.5 Å². The highest BCUT2D eigenvalue weighted by molar-refractivity contribution is 7.15. The first kappa shape index (κ1) is 15.5. The molecule has 1 aliphatic rings. The number of aliphatic hydroxyl groups excluding tert-OH is 1. The molecule has 0 radical (unpaired) electrons. The fraction of sp³-hybridized carbons (Fsp3) is 0.833. The second kappa shape index (κ2) is 6.71. The first-order chi connectivity index (χ1) is 9.47. The molecule has 0 saturated heterocycles. The third-order valence-electron chi connectivity index (χ3n) is 3.56. The van der Waals surface area contributed by atoms with E-state index in [1.54, 1.807) is 0 Å². The molecule has 0 spiro atoms. The summed E-state index contributed by atoms with van der Waals surface area (Å²) >= 11 is 0.519. The number of nitrogens with zero attached hydrogens (tertiary/aromatic N) is 2. The molecule has 114 valence electrons. The summed E-state index contributed by atoms with van der Waals surface area (Å²) in [6.07, 6.45) is 1.19. The molecule has 1 aliphatic carbocycles. The lowest BCUT2D eigenvalue weighted by Gasteiger charge is -2.27. The number of anilines is 1. The van der Waals surface area contributed by atoms with Crippen LogP contribution in [0.25, 0.3) is 0 Å². The van der Waals surface area contributed by atoms with Crippen molar-refractivity contribution < 1.29 is 18.3 Å². The Balaban J connectivity index is 1.69. The minimum Gasteiger partial charge on any atom is -0.393 e. The summed E-state index contributed by atoms with van der Waals surface area (Å²) in [4.78, 5) is 0. The number of aliphatic hydroxyl groups is 1. The maximum Gasteiger partial charge on any atom is 0.445 e. The molecule has 1 heterocycles. The number of nitrogens with one attached hydrogen (secondary N) is 1. The van der Waals surface area contributed by atoms with Crippen molar-refractivity contribution in [1.29, 1.82) is 0 Å². The van der Waals surface area contributed by atoms with E-state index < -0.39 is 11.2 Å². The monoisotopic (exact) mass is 309 g/mol. The van der Waals surface area contributed by atoms with Crippen LogP contribution in [0.4, 0.5) is 18.3 Å². The molecule has 8 heteroatoms. The van der Waals surface area contributed by atoms with Gasteiger partial charge < -0.3 is 10.4 Å². The lowest BCUT2D eigenvalue weighted by Crippen LogP contribution is -2.24. The summed E-state index contributed by atoms with van der Waals surface area (Å²) in [6, 6.07) is 0. The number of rotatable bonds is 5. The van der Waals surface area contributed by atoms with Crippen molar-refractivity contribution in [3.05, 3.63) is 5.01 Å². The summed E-state index contributed by atoms with van der Waals surface area (Å²) in [5.41, 5.74) is 0. The zero-order chi connectivity index (χ0) is 14.6. The van der Waals surface area contributed by atoms with Gasteiger partial charge in [0, 0.05) is 6.54 Å². The fourth-order valence-corrected chi connectivity index (χ4v) is 3.13. The minimum absolute atomic E-state index is 0.196. The second-order valence-electron chi connectivity index (χ2n) is 5.09. The molecular formula is C12H18F3N3OS. The van der Waals surface area contributed by atoms with Gasteiger partial charge >= 0.3 is 6.18 Å². The molecule has 2 rings (SSSR count). The quantitative estimate of drug-likeness (QED) is 0.819. The largest absolute Gasteiger partial charge is 0.445 e.